The molecule has 0 fully saturated rings. The van der Waals surface area contributed by atoms with Crippen molar-refractivity contribution in [3.8, 4) is 5.75 Å². The fraction of sp³-hybridized carbons (Fsp3) is 0.294. The third kappa shape index (κ3) is 2.49. The first-order chi connectivity index (χ1) is 9.78. The molecule has 20 heavy (non-hydrogen) atoms. The van der Waals surface area contributed by atoms with E-state index in [4.69, 9.17) is 4.74 Å². The Balaban J connectivity index is 1.91. The molecule has 0 aromatic heterocycles. The summed E-state index contributed by atoms with van der Waals surface area (Å²) in [4.78, 5) is 2.34. The highest BCUT2D eigenvalue weighted by Gasteiger charge is 2.16. The van der Waals surface area contributed by atoms with E-state index in [0.29, 0.717) is 6.61 Å². The number of nitrogens with zero attached hydrogens (tertiary/aromatic N) is 1. The molecule has 0 saturated carbocycles. The van der Waals surface area contributed by atoms with Crippen molar-refractivity contribution in [2.45, 2.75) is 20.1 Å². The van der Waals surface area contributed by atoms with Crippen molar-refractivity contribution >= 4 is 5.69 Å². The molecule has 0 aliphatic carbocycles. The second kappa shape index (κ2) is 5.55. The van der Waals surface area contributed by atoms with Gasteiger partial charge in [0.05, 0.1) is 13.2 Å². The molecule has 0 spiro atoms. The Morgan fingerprint density at radius 2 is 2.05 bits per heavy atom. The lowest BCUT2D eigenvalue weighted by Crippen LogP contribution is -2.26. The first-order valence-corrected chi connectivity index (χ1v) is 6.94. The van der Waals surface area contributed by atoms with Crippen molar-refractivity contribution in [1.82, 2.24) is 0 Å². The predicted molar refractivity (Wildman–Crippen MR) is 80.1 cm³/mol. The van der Waals surface area contributed by atoms with Gasteiger partial charge in [-0.2, -0.15) is 0 Å². The van der Waals surface area contributed by atoms with Crippen LogP contribution in [0.15, 0.2) is 42.5 Å². The molecule has 0 unspecified atom stereocenters. The van der Waals surface area contributed by atoms with Crippen LogP contribution in [0.5, 0.6) is 5.75 Å². The highest BCUT2D eigenvalue weighted by molar-refractivity contribution is 5.55. The largest absolute Gasteiger partial charge is 0.491 e. The van der Waals surface area contributed by atoms with E-state index in [0.717, 1.165) is 24.4 Å². The van der Waals surface area contributed by atoms with E-state index in [1.54, 1.807) is 0 Å². The Kier molecular flexibility index (Phi) is 3.61. The normalized spacial score (nSPS) is 14.4. The van der Waals surface area contributed by atoms with E-state index >= 15 is 0 Å². The number of para-hydroxylation sites is 1. The van der Waals surface area contributed by atoms with Gasteiger partial charge in [0, 0.05) is 17.8 Å². The van der Waals surface area contributed by atoms with Gasteiger partial charge in [0.15, 0.2) is 0 Å². The molecule has 3 heteroatoms. The SMILES string of the molecule is Cc1cc(CO)ccc1N1CCOc2ccccc2C1. The second-order valence-corrected chi connectivity index (χ2v) is 5.16. The molecule has 3 nitrogen and oxygen atoms in total. The molecule has 3 rings (SSSR count). The molecule has 2 aromatic carbocycles. The minimum Gasteiger partial charge on any atom is -0.491 e. The monoisotopic (exact) mass is 269 g/mol. The summed E-state index contributed by atoms with van der Waals surface area (Å²) < 4.78 is 5.80. The van der Waals surface area contributed by atoms with Crippen LogP contribution >= 0.6 is 0 Å². The number of hydrogen-bond donors (Lipinski definition) is 1. The van der Waals surface area contributed by atoms with Gasteiger partial charge in [0.1, 0.15) is 12.4 Å². The maximum atomic E-state index is 9.20. The molecule has 1 heterocycles. The van der Waals surface area contributed by atoms with Crippen molar-refractivity contribution < 1.29 is 9.84 Å². The van der Waals surface area contributed by atoms with Gasteiger partial charge >= 0.3 is 0 Å². The fourth-order valence-electron chi connectivity index (χ4n) is 2.70. The van der Waals surface area contributed by atoms with Crippen LogP contribution in [0.4, 0.5) is 5.69 Å². The third-order valence-corrected chi connectivity index (χ3v) is 3.74. The van der Waals surface area contributed by atoms with Crippen LogP contribution in [0.3, 0.4) is 0 Å². The summed E-state index contributed by atoms with van der Waals surface area (Å²) in [5.41, 5.74) is 4.58. The minimum atomic E-state index is 0.0903. The van der Waals surface area contributed by atoms with E-state index in [1.165, 1.54) is 16.8 Å². The molecule has 0 atom stereocenters. The van der Waals surface area contributed by atoms with Crippen molar-refractivity contribution in [2.24, 2.45) is 0 Å². The Morgan fingerprint density at radius 1 is 1.20 bits per heavy atom. The quantitative estimate of drug-likeness (QED) is 0.910. The molecular weight excluding hydrogens is 250 g/mol. The lowest BCUT2D eigenvalue weighted by Gasteiger charge is -2.24. The van der Waals surface area contributed by atoms with Crippen LogP contribution in [-0.4, -0.2) is 18.3 Å². The van der Waals surface area contributed by atoms with Gasteiger partial charge in [-0.05, 0) is 30.2 Å². The molecule has 1 aliphatic heterocycles. The van der Waals surface area contributed by atoms with Gasteiger partial charge in [-0.25, -0.2) is 0 Å². The van der Waals surface area contributed by atoms with Crippen LogP contribution in [0.25, 0.3) is 0 Å². The van der Waals surface area contributed by atoms with Crippen LogP contribution < -0.4 is 9.64 Å². The van der Waals surface area contributed by atoms with Crippen molar-refractivity contribution in [3.05, 3.63) is 59.2 Å². The molecule has 1 N–H and O–H groups in total. The highest BCUT2D eigenvalue weighted by atomic mass is 16.5. The Morgan fingerprint density at radius 3 is 2.85 bits per heavy atom. The minimum absolute atomic E-state index is 0.0903. The van der Waals surface area contributed by atoms with Gasteiger partial charge in [-0.1, -0.05) is 30.3 Å². The van der Waals surface area contributed by atoms with Gasteiger partial charge in [0.25, 0.3) is 0 Å². The number of hydrogen-bond acceptors (Lipinski definition) is 3. The number of aliphatic hydroxyl groups is 1. The maximum absolute atomic E-state index is 9.20. The number of aryl methyl sites for hydroxylation is 1. The van der Waals surface area contributed by atoms with Gasteiger partial charge in [0.2, 0.25) is 0 Å². The van der Waals surface area contributed by atoms with E-state index in [2.05, 4.69) is 24.0 Å². The molecule has 0 saturated heterocycles. The fourth-order valence-corrected chi connectivity index (χ4v) is 2.70. The first kappa shape index (κ1) is 13.0. The average Bonchev–Trinajstić information content (AvgIpc) is 2.69. The summed E-state index contributed by atoms with van der Waals surface area (Å²) in [6, 6.07) is 14.3. The molecule has 0 radical (unpaired) electrons. The summed E-state index contributed by atoms with van der Waals surface area (Å²) in [6.07, 6.45) is 0. The van der Waals surface area contributed by atoms with Gasteiger partial charge in [-0.15, -0.1) is 0 Å². The number of benzene rings is 2. The number of anilines is 1. The van der Waals surface area contributed by atoms with Crippen molar-refractivity contribution in [2.75, 3.05) is 18.1 Å². The summed E-state index contributed by atoms with van der Waals surface area (Å²) >= 11 is 0. The van der Waals surface area contributed by atoms with Crippen molar-refractivity contribution in [1.29, 1.82) is 0 Å². The third-order valence-electron chi connectivity index (χ3n) is 3.74. The maximum Gasteiger partial charge on any atom is 0.124 e. The van der Waals surface area contributed by atoms with Crippen LogP contribution in [0.2, 0.25) is 0 Å². The number of aliphatic hydroxyl groups excluding tert-OH is 1. The zero-order valence-electron chi connectivity index (χ0n) is 11.7. The standard InChI is InChI=1S/C17H19NO2/c1-13-10-14(12-19)6-7-16(13)18-8-9-20-17-5-3-2-4-15(17)11-18/h2-7,10,19H,8-9,11-12H2,1H3. The van der Waals surface area contributed by atoms with E-state index in [9.17, 15) is 5.11 Å². The van der Waals surface area contributed by atoms with E-state index < -0.39 is 0 Å². The molecular formula is C17H19NO2. The lowest BCUT2D eigenvalue weighted by molar-refractivity contribution is 0.282. The summed E-state index contributed by atoms with van der Waals surface area (Å²) in [5, 5.41) is 9.20. The zero-order valence-corrected chi connectivity index (χ0v) is 11.7. The number of ether oxygens (including phenoxy) is 1. The highest BCUT2D eigenvalue weighted by Crippen LogP contribution is 2.28. The molecule has 0 amide bonds. The molecule has 104 valence electrons. The first-order valence-electron chi connectivity index (χ1n) is 6.94. The summed E-state index contributed by atoms with van der Waals surface area (Å²) in [7, 11) is 0. The number of rotatable bonds is 2. The Hall–Kier alpha value is -2.00. The van der Waals surface area contributed by atoms with Gasteiger partial charge < -0.3 is 14.7 Å². The van der Waals surface area contributed by atoms with Crippen molar-refractivity contribution in [3.63, 3.8) is 0 Å². The van der Waals surface area contributed by atoms with Crippen LogP contribution in [0.1, 0.15) is 16.7 Å². The average molecular weight is 269 g/mol. The second-order valence-electron chi connectivity index (χ2n) is 5.16. The Labute approximate surface area is 119 Å². The zero-order chi connectivity index (χ0) is 13.9. The van der Waals surface area contributed by atoms with Crippen LogP contribution in [-0.2, 0) is 13.2 Å². The smallest absolute Gasteiger partial charge is 0.124 e. The molecule has 0 bridgehead atoms. The lowest BCUT2D eigenvalue weighted by atomic mass is 10.1. The predicted octanol–water partition coefficient (Wildman–Crippen LogP) is 2.89. The van der Waals surface area contributed by atoms with E-state index in [-0.39, 0.29) is 6.61 Å². The van der Waals surface area contributed by atoms with Gasteiger partial charge in [-0.3, -0.25) is 0 Å². The summed E-state index contributed by atoms with van der Waals surface area (Å²) in [5.74, 6) is 0.986. The molecule has 1 aliphatic rings. The summed E-state index contributed by atoms with van der Waals surface area (Å²) in [6.45, 7) is 4.60. The topological polar surface area (TPSA) is 32.7 Å². The van der Waals surface area contributed by atoms with E-state index in [1.807, 2.05) is 30.3 Å². The molecule has 2 aromatic rings. The Bertz CT molecular complexity index is 610. The number of fused-ring (bicyclic) bond motifs is 1. The van der Waals surface area contributed by atoms with Crippen LogP contribution in [0, 0.1) is 6.92 Å².